The van der Waals surface area contributed by atoms with Crippen LogP contribution in [0.15, 0.2) is 53.3 Å². The highest BCUT2D eigenvalue weighted by Gasteiger charge is 2.17. The van der Waals surface area contributed by atoms with Gasteiger partial charge in [0.15, 0.2) is 12.4 Å². The molecule has 0 bridgehead atoms. The maximum absolute atomic E-state index is 12.6. The van der Waals surface area contributed by atoms with Crippen molar-refractivity contribution in [2.24, 2.45) is 0 Å². The molecule has 1 heterocycles. The molecule has 0 aliphatic heterocycles. The number of amides is 1. The minimum absolute atomic E-state index is 0.0958. The third kappa shape index (κ3) is 5.75. The van der Waals surface area contributed by atoms with Crippen molar-refractivity contribution in [3.05, 3.63) is 70.3 Å². The van der Waals surface area contributed by atoms with Gasteiger partial charge >= 0.3 is 0 Å². The van der Waals surface area contributed by atoms with E-state index >= 15 is 0 Å². The molecule has 3 aromatic rings. The van der Waals surface area contributed by atoms with Gasteiger partial charge in [0.25, 0.3) is 11.5 Å². The summed E-state index contributed by atoms with van der Waals surface area (Å²) in [5.74, 6) is 0.903. The number of methoxy groups -OCH3 is 1. The SMILES string of the molecule is COCC[NH+](CC(=O)Nc1ccc(C(C)C)cc1)Cc1nc2ccccc2c(=O)[nH]1. The lowest BCUT2D eigenvalue weighted by atomic mass is 10.0. The molecule has 1 amide bonds. The van der Waals surface area contributed by atoms with E-state index in [2.05, 4.69) is 29.1 Å². The summed E-state index contributed by atoms with van der Waals surface area (Å²) < 4.78 is 5.19. The first kappa shape index (κ1) is 21.7. The smallest absolute Gasteiger partial charge is 0.279 e. The first-order valence-electron chi connectivity index (χ1n) is 10.2. The van der Waals surface area contributed by atoms with Crippen molar-refractivity contribution in [3.8, 4) is 0 Å². The summed E-state index contributed by atoms with van der Waals surface area (Å²) in [6.07, 6.45) is 0. The Labute approximate surface area is 176 Å². The monoisotopic (exact) mass is 409 g/mol. The molecule has 0 spiro atoms. The third-order valence-corrected chi connectivity index (χ3v) is 5.01. The molecule has 0 aliphatic rings. The number of benzene rings is 2. The van der Waals surface area contributed by atoms with Gasteiger partial charge in [-0.25, -0.2) is 4.98 Å². The van der Waals surface area contributed by atoms with Gasteiger partial charge in [-0.2, -0.15) is 0 Å². The van der Waals surface area contributed by atoms with Gasteiger partial charge in [-0.3, -0.25) is 9.59 Å². The average molecular weight is 410 g/mol. The molecule has 0 radical (unpaired) electrons. The topological polar surface area (TPSA) is 88.5 Å². The van der Waals surface area contributed by atoms with Crippen LogP contribution in [0.4, 0.5) is 5.69 Å². The van der Waals surface area contributed by atoms with Crippen LogP contribution in [0.25, 0.3) is 10.9 Å². The summed E-state index contributed by atoms with van der Waals surface area (Å²) in [5, 5.41) is 3.51. The quantitative estimate of drug-likeness (QED) is 0.502. The lowest BCUT2D eigenvalue weighted by Crippen LogP contribution is -3.12. The molecule has 3 N–H and O–H groups in total. The lowest BCUT2D eigenvalue weighted by molar-refractivity contribution is -0.906. The van der Waals surface area contributed by atoms with Gasteiger partial charge < -0.3 is 19.9 Å². The summed E-state index contributed by atoms with van der Waals surface area (Å²) in [7, 11) is 1.63. The second-order valence-electron chi connectivity index (χ2n) is 7.70. The number of nitrogens with one attached hydrogen (secondary N) is 3. The van der Waals surface area contributed by atoms with Crippen molar-refractivity contribution in [2.75, 3.05) is 32.1 Å². The van der Waals surface area contributed by atoms with E-state index in [4.69, 9.17) is 4.74 Å². The maximum Gasteiger partial charge on any atom is 0.279 e. The van der Waals surface area contributed by atoms with Crippen molar-refractivity contribution in [2.45, 2.75) is 26.3 Å². The van der Waals surface area contributed by atoms with E-state index in [-0.39, 0.29) is 18.0 Å². The predicted molar refractivity (Wildman–Crippen MR) is 118 cm³/mol. The number of aromatic amines is 1. The van der Waals surface area contributed by atoms with Crippen LogP contribution < -0.4 is 15.8 Å². The zero-order chi connectivity index (χ0) is 21.5. The minimum atomic E-state index is -0.170. The Balaban J connectivity index is 1.69. The molecule has 0 fully saturated rings. The standard InChI is InChI=1S/C23H28N4O3/c1-16(2)17-8-10-18(11-9-17)24-22(28)15-27(12-13-30-3)14-21-25-20-7-5-4-6-19(20)23(29)26-21/h4-11,16H,12-15H2,1-3H3,(H,24,28)(H,25,26,29)/p+1. The molecule has 0 aliphatic carbocycles. The molecule has 7 heteroatoms. The summed E-state index contributed by atoms with van der Waals surface area (Å²) in [4.78, 5) is 33.3. The first-order valence-corrected chi connectivity index (χ1v) is 10.2. The molecular weight excluding hydrogens is 380 g/mol. The molecule has 1 unspecified atom stereocenters. The molecule has 7 nitrogen and oxygen atoms in total. The third-order valence-electron chi connectivity index (χ3n) is 5.01. The van der Waals surface area contributed by atoms with Crippen molar-refractivity contribution in [3.63, 3.8) is 0 Å². The van der Waals surface area contributed by atoms with Gasteiger partial charge in [-0.1, -0.05) is 38.1 Å². The number of fused-ring (bicyclic) bond motifs is 1. The highest BCUT2D eigenvalue weighted by molar-refractivity contribution is 5.91. The second-order valence-corrected chi connectivity index (χ2v) is 7.70. The number of nitrogens with zero attached hydrogens (tertiary/aromatic N) is 1. The van der Waals surface area contributed by atoms with Crippen molar-refractivity contribution in [1.29, 1.82) is 0 Å². The Morgan fingerprint density at radius 3 is 2.60 bits per heavy atom. The lowest BCUT2D eigenvalue weighted by Gasteiger charge is -2.18. The van der Waals surface area contributed by atoms with Crippen LogP contribution in [0.3, 0.4) is 0 Å². The van der Waals surface area contributed by atoms with Gasteiger partial charge in [0, 0.05) is 12.8 Å². The molecule has 0 saturated carbocycles. The average Bonchev–Trinajstić information content (AvgIpc) is 2.72. The Hall–Kier alpha value is -3.03. The predicted octanol–water partition coefficient (Wildman–Crippen LogP) is 1.72. The Morgan fingerprint density at radius 2 is 1.90 bits per heavy atom. The normalized spacial score (nSPS) is 12.3. The number of carbonyl (C=O) groups excluding carboxylic acids is 1. The molecule has 1 atom stereocenters. The van der Waals surface area contributed by atoms with Crippen LogP contribution in [0.5, 0.6) is 0 Å². The number of para-hydroxylation sites is 1. The zero-order valence-corrected chi connectivity index (χ0v) is 17.7. The number of ether oxygens (including phenoxy) is 1. The maximum atomic E-state index is 12.6. The van der Waals surface area contributed by atoms with E-state index in [1.54, 1.807) is 13.2 Å². The van der Waals surface area contributed by atoms with E-state index < -0.39 is 0 Å². The van der Waals surface area contributed by atoms with Crippen LogP contribution >= 0.6 is 0 Å². The van der Waals surface area contributed by atoms with Gasteiger partial charge in [0.1, 0.15) is 13.1 Å². The van der Waals surface area contributed by atoms with Crippen molar-refractivity contribution in [1.82, 2.24) is 9.97 Å². The fourth-order valence-corrected chi connectivity index (χ4v) is 3.32. The number of aromatic nitrogens is 2. The van der Waals surface area contributed by atoms with E-state index in [0.717, 1.165) is 10.6 Å². The number of hydrogen-bond donors (Lipinski definition) is 3. The molecule has 30 heavy (non-hydrogen) atoms. The van der Waals surface area contributed by atoms with Crippen molar-refractivity contribution < 1.29 is 14.4 Å². The van der Waals surface area contributed by atoms with Gasteiger partial charge in [0.05, 0.1) is 17.5 Å². The van der Waals surface area contributed by atoms with Crippen LogP contribution in [0.2, 0.25) is 0 Å². The van der Waals surface area contributed by atoms with Crippen molar-refractivity contribution >= 4 is 22.5 Å². The van der Waals surface area contributed by atoms with E-state index in [9.17, 15) is 9.59 Å². The Bertz CT molecular complexity index is 1040. The molecular formula is C23H29N4O3+. The largest absolute Gasteiger partial charge is 0.379 e. The first-order chi connectivity index (χ1) is 14.5. The fourth-order valence-electron chi connectivity index (χ4n) is 3.32. The van der Waals surface area contributed by atoms with E-state index in [1.165, 1.54) is 5.56 Å². The van der Waals surface area contributed by atoms with Crippen LogP contribution in [0.1, 0.15) is 31.2 Å². The summed E-state index contributed by atoms with van der Waals surface area (Å²) in [6.45, 7) is 6.05. The molecule has 158 valence electrons. The fraction of sp³-hybridized carbons (Fsp3) is 0.348. The number of H-pyrrole nitrogens is 1. The molecule has 2 aromatic carbocycles. The number of hydrogen-bond acceptors (Lipinski definition) is 4. The van der Waals surface area contributed by atoms with Crippen LogP contribution in [-0.2, 0) is 16.1 Å². The minimum Gasteiger partial charge on any atom is -0.379 e. The number of rotatable bonds is 9. The number of quaternary nitrogens is 1. The summed E-state index contributed by atoms with van der Waals surface area (Å²) >= 11 is 0. The molecule has 0 saturated heterocycles. The van der Waals surface area contributed by atoms with Gasteiger partial charge in [-0.05, 0) is 35.7 Å². The van der Waals surface area contributed by atoms with E-state index in [0.29, 0.717) is 42.3 Å². The summed E-state index contributed by atoms with van der Waals surface area (Å²) in [6, 6.07) is 15.1. The number of anilines is 1. The second kappa shape index (κ2) is 10.1. The van der Waals surface area contributed by atoms with E-state index in [1.807, 2.05) is 42.5 Å². The zero-order valence-electron chi connectivity index (χ0n) is 17.7. The Morgan fingerprint density at radius 1 is 1.17 bits per heavy atom. The van der Waals surface area contributed by atoms with Crippen LogP contribution in [0, 0.1) is 0 Å². The van der Waals surface area contributed by atoms with Gasteiger partial charge in [-0.15, -0.1) is 0 Å². The highest BCUT2D eigenvalue weighted by atomic mass is 16.5. The highest BCUT2D eigenvalue weighted by Crippen LogP contribution is 2.16. The molecule has 1 aromatic heterocycles. The Kier molecular flexibility index (Phi) is 7.32. The number of carbonyl (C=O) groups is 1. The van der Waals surface area contributed by atoms with Gasteiger partial charge in [0.2, 0.25) is 0 Å². The molecule has 3 rings (SSSR count). The summed E-state index contributed by atoms with van der Waals surface area (Å²) in [5.41, 5.74) is 2.48. The van der Waals surface area contributed by atoms with Crippen LogP contribution in [-0.4, -0.2) is 42.7 Å².